The normalized spacial score (nSPS) is 10.7. The number of aromatic amines is 1. The molecule has 0 bridgehead atoms. The summed E-state index contributed by atoms with van der Waals surface area (Å²) in [7, 11) is 1.71. The van der Waals surface area contributed by atoms with E-state index in [0.29, 0.717) is 23.4 Å². The average Bonchev–Trinajstić information content (AvgIpc) is 2.92. The number of aryl methyl sites for hydroxylation is 1. The number of aromatic carboxylic acids is 1. The Morgan fingerprint density at radius 3 is 2.57 bits per heavy atom. The summed E-state index contributed by atoms with van der Waals surface area (Å²) < 4.78 is 0.991. The summed E-state index contributed by atoms with van der Waals surface area (Å²) in [5, 5.41) is 11.1. The number of carboxylic acid groups (broad SMARTS) is 1. The first-order valence-corrected chi connectivity index (χ1v) is 7.89. The number of carboxylic acids is 1. The Kier molecular flexibility index (Phi) is 4.53. The first-order valence-electron chi connectivity index (χ1n) is 6.22. The molecule has 0 atom stereocenters. The van der Waals surface area contributed by atoms with Gasteiger partial charge < -0.3 is 15.0 Å². The third-order valence-corrected chi connectivity index (χ3v) is 4.91. The number of halogens is 1. The second-order valence-electron chi connectivity index (χ2n) is 4.82. The maximum absolute atomic E-state index is 12.5. The Balaban J connectivity index is 2.25. The minimum atomic E-state index is -1.06. The van der Waals surface area contributed by atoms with E-state index in [0.717, 1.165) is 9.35 Å². The molecule has 0 saturated carbocycles. The van der Waals surface area contributed by atoms with Gasteiger partial charge in [-0.05, 0) is 41.4 Å². The summed E-state index contributed by atoms with van der Waals surface area (Å²) in [5.74, 6) is -1.24. The molecule has 0 fully saturated rings. The molecule has 2 rings (SSSR count). The molecule has 2 aromatic heterocycles. The number of nitrogens with one attached hydrogen (secondary N) is 1. The van der Waals surface area contributed by atoms with Gasteiger partial charge in [0.1, 0.15) is 5.69 Å². The Hall–Kier alpha value is -1.60. The second-order valence-corrected chi connectivity index (χ2v) is 6.73. The molecule has 0 saturated heterocycles. The van der Waals surface area contributed by atoms with Crippen LogP contribution in [0.15, 0.2) is 15.9 Å². The lowest BCUT2D eigenvalue weighted by atomic mass is 10.1. The molecule has 2 aromatic rings. The van der Waals surface area contributed by atoms with E-state index in [4.69, 9.17) is 5.11 Å². The van der Waals surface area contributed by atoms with Crippen LogP contribution in [-0.2, 0) is 6.54 Å². The molecule has 0 aliphatic carbocycles. The number of hydrogen-bond donors (Lipinski definition) is 2. The summed E-state index contributed by atoms with van der Waals surface area (Å²) >= 11 is 4.95. The maximum Gasteiger partial charge on any atom is 0.352 e. The molecule has 5 nitrogen and oxygen atoms in total. The van der Waals surface area contributed by atoms with Gasteiger partial charge in [-0.15, -0.1) is 11.3 Å². The zero-order chi connectivity index (χ0) is 15.7. The Bertz CT molecular complexity index is 705. The molecule has 0 spiro atoms. The average molecular weight is 371 g/mol. The van der Waals surface area contributed by atoms with E-state index >= 15 is 0 Å². The summed E-state index contributed by atoms with van der Waals surface area (Å²) in [6.07, 6.45) is 0. The van der Waals surface area contributed by atoms with Crippen LogP contribution in [0.1, 0.15) is 37.0 Å². The van der Waals surface area contributed by atoms with Gasteiger partial charge in [-0.2, -0.15) is 0 Å². The third-order valence-electron chi connectivity index (χ3n) is 3.23. The van der Waals surface area contributed by atoms with Gasteiger partial charge in [-0.1, -0.05) is 0 Å². The molecule has 0 radical (unpaired) electrons. The zero-order valence-electron chi connectivity index (χ0n) is 11.9. The van der Waals surface area contributed by atoms with Crippen LogP contribution in [0.3, 0.4) is 0 Å². The van der Waals surface area contributed by atoms with Gasteiger partial charge in [0.25, 0.3) is 5.91 Å². The highest BCUT2D eigenvalue weighted by Crippen LogP contribution is 2.23. The Morgan fingerprint density at radius 1 is 1.43 bits per heavy atom. The van der Waals surface area contributed by atoms with Crippen molar-refractivity contribution in [2.75, 3.05) is 7.05 Å². The van der Waals surface area contributed by atoms with Gasteiger partial charge in [0.2, 0.25) is 0 Å². The van der Waals surface area contributed by atoms with Crippen LogP contribution >= 0.6 is 27.3 Å². The van der Waals surface area contributed by atoms with Crippen molar-refractivity contribution in [1.82, 2.24) is 9.88 Å². The van der Waals surface area contributed by atoms with Crippen molar-refractivity contribution in [3.63, 3.8) is 0 Å². The first kappa shape index (κ1) is 15.8. The van der Waals surface area contributed by atoms with Crippen LogP contribution in [0, 0.1) is 13.8 Å². The van der Waals surface area contributed by atoms with Crippen molar-refractivity contribution in [3.8, 4) is 0 Å². The van der Waals surface area contributed by atoms with Gasteiger partial charge in [-0.3, -0.25) is 4.79 Å². The highest BCUT2D eigenvalue weighted by Gasteiger charge is 2.24. The smallest absolute Gasteiger partial charge is 0.352 e. The van der Waals surface area contributed by atoms with Crippen molar-refractivity contribution in [2.24, 2.45) is 0 Å². The van der Waals surface area contributed by atoms with Gasteiger partial charge >= 0.3 is 5.97 Å². The predicted molar refractivity (Wildman–Crippen MR) is 85.0 cm³/mol. The predicted octanol–water partition coefficient (Wildman–Crippen LogP) is 3.43. The molecule has 0 aliphatic rings. The van der Waals surface area contributed by atoms with E-state index in [9.17, 15) is 9.59 Å². The van der Waals surface area contributed by atoms with Crippen molar-refractivity contribution >= 4 is 39.1 Å². The summed E-state index contributed by atoms with van der Waals surface area (Å²) in [5.41, 5.74) is 1.56. The highest BCUT2D eigenvalue weighted by atomic mass is 79.9. The summed E-state index contributed by atoms with van der Waals surface area (Å²) in [6.45, 7) is 3.85. The van der Waals surface area contributed by atoms with Crippen LogP contribution in [0.4, 0.5) is 0 Å². The monoisotopic (exact) mass is 370 g/mol. The van der Waals surface area contributed by atoms with Gasteiger partial charge in [0, 0.05) is 27.5 Å². The minimum Gasteiger partial charge on any atom is -0.477 e. The summed E-state index contributed by atoms with van der Waals surface area (Å²) in [4.78, 5) is 29.1. The molecule has 0 unspecified atom stereocenters. The van der Waals surface area contributed by atoms with E-state index in [1.165, 1.54) is 0 Å². The lowest BCUT2D eigenvalue weighted by molar-refractivity contribution is 0.0690. The van der Waals surface area contributed by atoms with Crippen LogP contribution in [0.25, 0.3) is 0 Å². The highest BCUT2D eigenvalue weighted by molar-refractivity contribution is 9.10. The number of carbonyl (C=O) groups is 2. The number of rotatable bonds is 4. The van der Waals surface area contributed by atoms with E-state index < -0.39 is 5.97 Å². The SMILES string of the molecule is Cc1[nH]c(C(=O)O)c(C)c1C(=O)N(C)Cc1cc(Br)cs1. The maximum atomic E-state index is 12.5. The topological polar surface area (TPSA) is 73.4 Å². The molecule has 2 N–H and O–H groups in total. The zero-order valence-corrected chi connectivity index (χ0v) is 14.3. The number of hydrogen-bond acceptors (Lipinski definition) is 3. The minimum absolute atomic E-state index is 0.0723. The van der Waals surface area contributed by atoms with Crippen LogP contribution in [0.2, 0.25) is 0 Å². The lowest BCUT2D eigenvalue weighted by Crippen LogP contribution is -2.26. The lowest BCUT2D eigenvalue weighted by Gasteiger charge is -2.16. The summed E-state index contributed by atoms with van der Waals surface area (Å²) in [6, 6.07) is 1.97. The molecule has 1 amide bonds. The Labute approximate surface area is 134 Å². The number of nitrogens with zero attached hydrogens (tertiary/aromatic N) is 1. The molecular weight excluding hydrogens is 356 g/mol. The molecule has 0 aromatic carbocycles. The molecule has 112 valence electrons. The van der Waals surface area contributed by atoms with Crippen molar-refractivity contribution in [3.05, 3.63) is 43.3 Å². The van der Waals surface area contributed by atoms with Gasteiger partial charge in [-0.25, -0.2) is 4.79 Å². The molecule has 2 heterocycles. The van der Waals surface area contributed by atoms with Crippen LogP contribution in [-0.4, -0.2) is 33.9 Å². The van der Waals surface area contributed by atoms with Crippen LogP contribution < -0.4 is 0 Å². The fraction of sp³-hybridized carbons (Fsp3) is 0.286. The number of H-pyrrole nitrogens is 1. The Morgan fingerprint density at radius 2 is 2.10 bits per heavy atom. The largest absolute Gasteiger partial charge is 0.477 e. The second kappa shape index (κ2) is 6.03. The number of carbonyl (C=O) groups excluding carboxylic acids is 1. The quantitative estimate of drug-likeness (QED) is 0.865. The van der Waals surface area contributed by atoms with Gasteiger partial charge in [0.15, 0.2) is 0 Å². The number of amides is 1. The fourth-order valence-corrected chi connectivity index (χ4v) is 3.72. The molecule has 7 heteroatoms. The number of thiophene rings is 1. The standard InChI is InChI=1S/C14H15BrN2O3S/c1-7-11(8(2)16-12(7)14(19)20)13(18)17(3)5-10-4-9(15)6-21-10/h4,6,16H,5H2,1-3H3,(H,19,20). The molecule has 0 aliphatic heterocycles. The van der Waals surface area contributed by atoms with Crippen molar-refractivity contribution in [2.45, 2.75) is 20.4 Å². The van der Waals surface area contributed by atoms with Crippen molar-refractivity contribution in [1.29, 1.82) is 0 Å². The molecular formula is C14H15BrN2O3S. The molecule has 21 heavy (non-hydrogen) atoms. The fourth-order valence-electron chi connectivity index (χ4n) is 2.22. The van der Waals surface area contributed by atoms with Gasteiger partial charge in [0.05, 0.1) is 12.1 Å². The van der Waals surface area contributed by atoms with E-state index in [1.54, 1.807) is 37.1 Å². The number of aromatic nitrogens is 1. The first-order chi connectivity index (χ1) is 9.81. The van der Waals surface area contributed by atoms with Crippen molar-refractivity contribution < 1.29 is 14.7 Å². The van der Waals surface area contributed by atoms with Crippen LogP contribution in [0.5, 0.6) is 0 Å². The third kappa shape index (κ3) is 3.19. The van der Waals surface area contributed by atoms with E-state index in [2.05, 4.69) is 20.9 Å². The van der Waals surface area contributed by atoms with E-state index in [-0.39, 0.29) is 11.6 Å². The van der Waals surface area contributed by atoms with E-state index in [1.807, 2.05) is 11.4 Å².